The number of aryl methyl sites for hydroxylation is 1. The van der Waals surface area contributed by atoms with E-state index in [1.165, 1.54) is 12.1 Å². The summed E-state index contributed by atoms with van der Waals surface area (Å²) in [6.45, 7) is 10.5. The van der Waals surface area contributed by atoms with Gasteiger partial charge < -0.3 is 9.64 Å². The lowest BCUT2D eigenvalue weighted by Crippen LogP contribution is -2.39. The first-order chi connectivity index (χ1) is 20.8. The van der Waals surface area contributed by atoms with Crippen LogP contribution in [0, 0.1) is 18.3 Å². The highest BCUT2D eigenvalue weighted by Crippen LogP contribution is 2.32. The molecule has 4 aromatic rings. The average molecular weight is 606 g/mol. The highest BCUT2D eigenvalue weighted by atomic mass is 19.4. The number of ketones is 1. The van der Waals surface area contributed by atoms with Crippen molar-refractivity contribution in [3.63, 3.8) is 0 Å². The van der Waals surface area contributed by atoms with E-state index >= 15 is 0 Å². The third kappa shape index (κ3) is 7.49. The Morgan fingerprint density at radius 3 is 2.11 bits per heavy atom. The van der Waals surface area contributed by atoms with Gasteiger partial charge in [-0.2, -0.15) is 18.3 Å². The van der Waals surface area contributed by atoms with Gasteiger partial charge in [0.25, 0.3) is 5.91 Å². The lowest BCUT2D eigenvalue weighted by molar-refractivity contribution is -0.137. The number of piperidine rings is 1. The predicted octanol–water partition coefficient (Wildman–Crippen LogP) is 8.72. The van der Waals surface area contributed by atoms with Crippen molar-refractivity contribution in [2.45, 2.75) is 66.1 Å². The van der Waals surface area contributed by atoms with E-state index < -0.39 is 11.7 Å². The Labute approximate surface area is 255 Å². The summed E-state index contributed by atoms with van der Waals surface area (Å²) in [5, 5.41) is 5.78. The van der Waals surface area contributed by atoms with Crippen molar-refractivity contribution in [3.05, 3.63) is 89.1 Å². The van der Waals surface area contributed by atoms with E-state index in [4.69, 9.17) is 9.84 Å². The smallest absolute Gasteiger partial charge is 0.416 e. The van der Waals surface area contributed by atoms with Crippen LogP contribution in [-0.2, 0) is 12.7 Å². The normalized spacial score (nSPS) is 14.7. The minimum absolute atomic E-state index is 0.0614. The second kappa shape index (κ2) is 12.5. The maximum Gasteiger partial charge on any atom is 0.416 e. The summed E-state index contributed by atoms with van der Waals surface area (Å²) in [5.41, 5.74) is 2.53. The molecule has 2 heterocycles. The second-order valence-electron chi connectivity index (χ2n) is 12.9. The number of Topliss-reactive ketones (excluding diaryl/α,β-unsaturated/α-hetero) is 1. The Morgan fingerprint density at radius 1 is 0.909 bits per heavy atom. The molecule has 1 aliphatic heterocycles. The Bertz CT molecular complexity index is 1630. The summed E-state index contributed by atoms with van der Waals surface area (Å²) in [5.74, 6) is 1.20. The minimum atomic E-state index is -4.40. The van der Waals surface area contributed by atoms with Crippen LogP contribution in [0.1, 0.15) is 78.3 Å². The standard InChI is InChI=1S/C35H38F3N3O3/c1-23-29(32(42)15-18-34(2,3)4)13-14-31-30(23)22-41(39-31)21-24-16-19-40(20-17-24)33(43)25-5-9-27(10-6-25)44-28-11-7-26(8-12-28)35(36,37)38/h5-14,22,24H,15-21H2,1-4H3. The maximum atomic E-state index is 13.1. The quantitative estimate of drug-likeness (QED) is 0.189. The summed E-state index contributed by atoms with van der Waals surface area (Å²) in [7, 11) is 0. The van der Waals surface area contributed by atoms with Gasteiger partial charge in [0, 0.05) is 48.8 Å². The van der Waals surface area contributed by atoms with E-state index in [2.05, 4.69) is 20.8 Å². The van der Waals surface area contributed by atoms with Gasteiger partial charge in [-0.3, -0.25) is 14.3 Å². The van der Waals surface area contributed by atoms with Crippen molar-refractivity contribution in [3.8, 4) is 11.5 Å². The van der Waals surface area contributed by atoms with Crippen LogP contribution in [0.25, 0.3) is 10.9 Å². The lowest BCUT2D eigenvalue weighted by atomic mass is 9.87. The van der Waals surface area contributed by atoms with E-state index in [1.54, 1.807) is 24.3 Å². The molecule has 0 radical (unpaired) electrons. The van der Waals surface area contributed by atoms with Gasteiger partial charge in [0.2, 0.25) is 0 Å². The van der Waals surface area contributed by atoms with Gasteiger partial charge in [0.15, 0.2) is 5.78 Å². The molecule has 0 spiro atoms. The largest absolute Gasteiger partial charge is 0.457 e. The van der Waals surface area contributed by atoms with Crippen LogP contribution in [0.5, 0.6) is 11.5 Å². The van der Waals surface area contributed by atoms with Crippen molar-refractivity contribution < 1.29 is 27.5 Å². The fourth-order valence-electron chi connectivity index (χ4n) is 5.58. The summed E-state index contributed by atoms with van der Waals surface area (Å²) < 4.78 is 46.0. The SMILES string of the molecule is Cc1c(C(=O)CCC(C)(C)C)ccc2nn(CC3CCN(C(=O)c4ccc(Oc5ccc(C(F)(F)F)cc5)cc4)CC3)cc12. The number of carbonyl (C=O) groups is 2. The predicted molar refractivity (Wildman–Crippen MR) is 164 cm³/mol. The molecule has 0 atom stereocenters. The number of aromatic nitrogens is 2. The third-order valence-corrected chi connectivity index (χ3v) is 8.27. The molecule has 1 aliphatic rings. The number of hydrogen-bond donors (Lipinski definition) is 0. The molecule has 0 saturated carbocycles. The zero-order valence-electron chi connectivity index (χ0n) is 25.6. The molecule has 6 nitrogen and oxygen atoms in total. The Balaban J connectivity index is 1.14. The first-order valence-corrected chi connectivity index (χ1v) is 15.0. The summed E-state index contributed by atoms with van der Waals surface area (Å²) in [6.07, 6.45) is 0.716. The number of halogens is 3. The van der Waals surface area contributed by atoms with Crippen LogP contribution in [-0.4, -0.2) is 39.5 Å². The van der Waals surface area contributed by atoms with Crippen molar-refractivity contribution in [1.82, 2.24) is 14.7 Å². The maximum absolute atomic E-state index is 13.1. The van der Waals surface area contributed by atoms with Crippen LogP contribution in [0.4, 0.5) is 13.2 Å². The van der Waals surface area contributed by atoms with Gasteiger partial charge >= 0.3 is 6.18 Å². The van der Waals surface area contributed by atoms with Gasteiger partial charge in [0.05, 0.1) is 11.1 Å². The van der Waals surface area contributed by atoms with Gasteiger partial charge in [-0.15, -0.1) is 0 Å². The van der Waals surface area contributed by atoms with Crippen LogP contribution >= 0.6 is 0 Å². The van der Waals surface area contributed by atoms with Gasteiger partial charge in [0.1, 0.15) is 11.5 Å². The molecular formula is C35H38F3N3O3. The van der Waals surface area contributed by atoms with E-state index in [1.807, 2.05) is 34.8 Å². The van der Waals surface area contributed by atoms with Gasteiger partial charge in [-0.1, -0.05) is 20.8 Å². The monoisotopic (exact) mass is 605 g/mol. The number of nitrogens with zero attached hydrogens (tertiary/aromatic N) is 3. The molecule has 9 heteroatoms. The number of fused-ring (bicyclic) bond motifs is 1. The number of benzene rings is 3. The van der Waals surface area contributed by atoms with Crippen molar-refractivity contribution in [2.24, 2.45) is 11.3 Å². The number of likely N-dealkylation sites (tertiary alicyclic amines) is 1. The first kappa shape index (κ1) is 31.3. The number of hydrogen-bond acceptors (Lipinski definition) is 4. The number of alkyl halides is 3. The number of amides is 1. The molecular weight excluding hydrogens is 567 g/mol. The molecule has 1 saturated heterocycles. The van der Waals surface area contributed by atoms with Gasteiger partial charge in [-0.25, -0.2) is 0 Å². The molecule has 0 unspecified atom stereocenters. The van der Waals surface area contributed by atoms with E-state index in [9.17, 15) is 22.8 Å². The summed E-state index contributed by atoms with van der Waals surface area (Å²) in [4.78, 5) is 27.9. The van der Waals surface area contributed by atoms with Crippen LogP contribution < -0.4 is 4.74 Å². The molecule has 1 amide bonds. The lowest BCUT2D eigenvalue weighted by Gasteiger charge is -2.32. The average Bonchev–Trinajstić information content (AvgIpc) is 3.39. The molecule has 0 bridgehead atoms. The zero-order valence-corrected chi connectivity index (χ0v) is 25.6. The highest BCUT2D eigenvalue weighted by Gasteiger charge is 2.30. The minimum Gasteiger partial charge on any atom is -0.457 e. The molecule has 0 aliphatic carbocycles. The van der Waals surface area contributed by atoms with E-state index in [-0.39, 0.29) is 22.9 Å². The fourth-order valence-corrected chi connectivity index (χ4v) is 5.58. The molecule has 1 fully saturated rings. The summed E-state index contributed by atoms with van der Waals surface area (Å²) in [6, 6.07) is 15.0. The Morgan fingerprint density at radius 2 is 1.52 bits per heavy atom. The third-order valence-electron chi connectivity index (χ3n) is 8.27. The Hall–Kier alpha value is -4.14. The van der Waals surface area contributed by atoms with Crippen LogP contribution in [0.2, 0.25) is 0 Å². The first-order valence-electron chi connectivity index (χ1n) is 15.0. The van der Waals surface area contributed by atoms with E-state index in [0.717, 1.165) is 60.0 Å². The molecule has 1 aromatic heterocycles. The van der Waals surface area contributed by atoms with Crippen molar-refractivity contribution >= 4 is 22.6 Å². The van der Waals surface area contributed by atoms with Crippen LogP contribution in [0.15, 0.2) is 66.9 Å². The zero-order chi connectivity index (χ0) is 31.6. The van der Waals surface area contributed by atoms with Crippen molar-refractivity contribution in [1.29, 1.82) is 0 Å². The van der Waals surface area contributed by atoms with Gasteiger partial charge in [-0.05, 0) is 104 Å². The molecule has 44 heavy (non-hydrogen) atoms. The number of ether oxygens (including phenoxy) is 1. The fraction of sp³-hybridized carbons (Fsp3) is 0.400. The molecule has 3 aromatic carbocycles. The summed E-state index contributed by atoms with van der Waals surface area (Å²) >= 11 is 0. The van der Waals surface area contributed by atoms with E-state index in [0.29, 0.717) is 36.7 Å². The molecule has 5 rings (SSSR count). The Kier molecular flexibility index (Phi) is 8.86. The van der Waals surface area contributed by atoms with Crippen LogP contribution in [0.3, 0.4) is 0 Å². The molecule has 232 valence electrons. The topological polar surface area (TPSA) is 64.4 Å². The number of rotatable bonds is 8. The molecule has 0 N–H and O–H groups in total. The highest BCUT2D eigenvalue weighted by molar-refractivity contribution is 6.01. The second-order valence-corrected chi connectivity index (χ2v) is 12.9. The number of carbonyl (C=O) groups excluding carboxylic acids is 2. The van der Waals surface area contributed by atoms with Crippen molar-refractivity contribution in [2.75, 3.05) is 13.1 Å².